The Balaban J connectivity index is 1.29. The van der Waals surface area contributed by atoms with Crippen molar-refractivity contribution in [1.82, 2.24) is 10.3 Å². The topological polar surface area (TPSA) is 75.6 Å². The third-order valence-electron chi connectivity index (χ3n) is 4.18. The zero-order valence-electron chi connectivity index (χ0n) is 14.8. The number of benzene rings is 1. The molecule has 4 rings (SSSR count). The second-order valence-corrected chi connectivity index (χ2v) is 7.92. The number of nitrogens with one attached hydrogen (secondary N) is 2. The second kappa shape index (κ2) is 8.41. The first-order valence-electron chi connectivity index (χ1n) is 8.72. The molecule has 2 aromatic heterocycles. The van der Waals surface area contributed by atoms with Crippen molar-refractivity contribution in [1.29, 1.82) is 0 Å². The number of thiophene rings is 1. The average Bonchev–Trinajstić information content (AvgIpc) is 3.37. The fourth-order valence-corrected chi connectivity index (χ4v) is 3.73. The third kappa shape index (κ3) is 4.49. The Morgan fingerprint density at radius 2 is 2.04 bits per heavy atom. The van der Waals surface area contributed by atoms with Crippen LogP contribution in [0.15, 0.2) is 65.9 Å². The number of nitrogens with zero attached hydrogens (tertiary/aromatic N) is 2. The Bertz CT molecular complexity index is 989. The lowest BCUT2D eigenvalue weighted by atomic mass is 10.0. The molecule has 1 atom stereocenters. The SMILES string of the molecule is O=C(NCC1CC(c2ccc(Nc3ccccn3)cc2)=NO1)c1ccc(Cl)s1. The average molecular weight is 413 g/mol. The highest BCUT2D eigenvalue weighted by Crippen LogP contribution is 2.22. The van der Waals surface area contributed by atoms with Crippen molar-refractivity contribution in [3.63, 3.8) is 0 Å². The van der Waals surface area contributed by atoms with Crippen molar-refractivity contribution < 1.29 is 9.63 Å². The molecule has 3 heterocycles. The molecular weight excluding hydrogens is 396 g/mol. The zero-order valence-corrected chi connectivity index (χ0v) is 16.3. The van der Waals surface area contributed by atoms with E-state index in [4.69, 9.17) is 16.4 Å². The summed E-state index contributed by atoms with van der Waals surface area (Å²) in [6, 6.07) is 17.1. The summed E-state index contributed by atoms with van der Waals surface area (Å²) < 4.78 is 0.592. The van der Waals surface area contributed by atoms with Gasteiger partial charge in [0.05, 0.1) is 21.5 Å². The summed E-state index contributed by atoms with van der Waals surface area (Å²) in [6.45, 7) is 0.390. The van der Waals surface area contributed by atoms with Crippen LogP contribution in [0.4, 0.5) is 11.5 Å². The predicted octanol–water partition coefficient (Wildman–Crippen LogP) is 4.46. The van der Waals surface area contributed by atoms with Crippen LogP contribution >= 0.6 is 22.9 Å². The summed E-state index contributed by atoms with van der Waals surface area (Å²) >= 11 is 7.11. The molecule has 2 N–H and O–H groups in total. The smallest absolute Gasteiger partial charge is 0.261 e. The molecule has 28 heavy (non-hydrogen) atoms. The largest absolute Gasteiger partial charge is 0.390 e. The first-order chi connectivity index (χ1) is 13.7. The molecule has 6 nitrogen and oxygen atoms in total. The zero-order chi connectivity index (χ0) is 19.3. The van der Waals surface area contributed by atoms with Gasteiger partial charge in [0.15, 0.2) is 0 Å². The van der Waals surface area contributed by atoms with Gasteiger partial charge in [0.1, 0.15) is 11.9 Å². The molecule has 0 saturated heterocycles. The van der Waals surface area contributed by atoms with Crippen LogP contribution in [0.2, 0.25) is 4.34 Å². The summed E-state index contributed by atoms with van der Waals surface area (Å²) in [5.74, 6) is 0.638. The van der Waals surface area contributed by atoms with Gasteiger partial charge in [-0.15, -0.1) is 11.3 Å². The van der Waals surface area contributed by atoms with Crippen LogP contribution in [0.5, 0.6) is 0 Å². The minimum atomic E-state index is -0.180. The summed E-state index contributed by atoms with van der Waals surface area (Å²) in [5.41, 5.74) is 2.80. The van der Waals surface area contributed by atoms with Gasteiger partial charge in [0, 0.05) is 18.3 Å². The molecule has 0 fully saturated rings. The van der Waals surface area contributed by atoms with Gasteiger partial charge in [-0.25, -0.2) is 4.98 Å². The lowest BCUT2D eigenvalue weighted by Gasteiger charge is -2.09. The molecule has 0 radical (unpaired) electrons. The highest BCUT2D eigenvalue weighted by Gasteiger charge is 2.23. The Labute approximate surface area is 171 Å². The molecule has 0 spiro atoms. The van der Waals surface area contributed by atoms with Crippen LogP contribution in [-0.2, 0) is 4.84 Å². The Morgan fingerprint density at radius 1 is 1.18 bits per heavy atom. The van der Waals surface area contributed by atoms with E-state index in [9.17, 15) is 4.79 Å². The first-order valence-corrected chi connectivity index (χ1v) is 9.91. The highest BCUT2D eigenvalue weighted by atomic mass is 35.5. The summed E-state index contributed by atoms with van der Waals surface area (Å²) in [4.78, 5) is 22.4. The van der Waals surface area contributed by atoms with Gasteiger partial charge in [-0.2, -0.15) is 0 Å². The molecule has 0 bridgehead atoms. The van der Waals surface area contributed by atoms with Gasteiger partial charge < -0.3 is 15.5 Å². The lowest BCUT2D eigenvalue weighted by molar-refractivity contribution is 0.0755. The fraction of sp³-hybridized carbons (Fsp3) is 0.150. The van der Waals surface area contributed by atoms with E-state index in [1.165, 1.54) is 11.3 Å². The minimum Gasteiger partial charge on any atom is -0.390 e. The molecule has 0 saturated carbocycles. The van der Waals surface area contributed by atoms with Crippen LogP contribution in [-0.4, -0.2) is 29.3 Å². The van der Waals surface area contributed by atoms with E-state index in [-0.39, 0.29) is 12.0 Å². The molecule has 8 heteroatoms. The van der Waals surface area contributed by atoms with Crippen LogP contribution in [0.25, 0.3) is 0 Å². The van der Waals surface area contributed by atoms with E-state index in [0.717, 1.165) is 22.8 Å². The highest BCUT2D eigenvalue weighted by molar-refractivity contribution is 7.17. The first kappa shape index (κ1) is 18.5. The number of carbonyl (C=O) groups excluding carboxylic acids is 1. The second-order valence-electron chi connectivity index (χ2n) is 6.20. The van der Waals surface area contributed by atoms with Crippen molar-refractivity contribution in [2.24, 2.45) is 5.16 Å². The number of halogens is 1. The van der Waals surface area contributed by atoms with E-state index in [2.05, 4.69) is 20.8 Å². The number of amides is 1. The van der Waals surface area contributed by atoms with Crippen molar-refractivity contribution >= 4 is 46.1 Å². The molecule has 3 aromatic rings. The van der Waals surface area contributed by atoms with Crippen LogP contribution in [0.3, 0.4) is 0 Å². The van der Waals surface area contributed by atoms with Crippen molar-refractivity contribution in [3.8, 4) is 0 Å². The van der Waals surface area contributed by atoms with Gasteiger partial charge >= 0.3 is 0 Å². The lowest BCUT2D eigenvalue weighted by Crippen LogP contribution is -2.31. The van der Waals surface area contributed by atoms with E-state index in [0.29, 0.717) is 22.2 Å². The number of aromatic nitrogens is 1. The summed E-state index contributed by atoms with van der Waals surface area (Å²) in [6.07, 6.45) is 2.20. The molecule has 1 amide bonds. The number of oxime groups is 1. The Morgan fingerprint density at radius 3 is 2.75 bits per heavy atom. The quantitative estimate of drug-likeness (QED) is 0.626. The van der Waals surface area contributed by atoms with E-state index < -0.39 is 0 Å². The van der Waals surface area contributed by atoms with E-state index in [1.54, 1.807) is 18.3 Å². The summed E-state index contributed by atoms with van der Waals surface area (Å²) in [5, 5.41) is 10.3. The maximum Gasteiger partial charge on any atom is 0.261 e. The van der Waals surface area contributed by atoms with Crippen molar-refractivity contribution in [3.05, 3.63) is 75.6 Å². The maximum absolute atomic E-state index is 12.1. The van der Waals surface area contributed by atoms with E-state index >= 15 is 0 Å². The normalized spacial score (nSPS) is 15.6. The molecule has 1 unspecified atom stereocenters. The minimum absolute atomic E-state index is 0.154. The van der Waals surface area contributed by atoms with Gasteiger partial charge in [-0.05, 0) is 42.0 Å². The van der Waals surface area contributed by atoms with Crippen molar-refractivity contribution in [2.75, 3.05) is 11.9 Å². The predicted molar refractivity (Wildman–Crippen MR) is 112 cm³/mol. The van der Waals surface area contributed by atoms with Crippen molar-refractivity contribution in [2.45, 2.75) is 12.5 Å². The number of rotatable bonds is 6. The molecular formula is C20H17ClN4O2S. The monoisotopic (exact) mass is 412 g/mol. The van der Waals surface area contributed by atoms with E-state index in [1.807, 2.05) is 42.5 Å². The molecule has 142 valence electrons. The summed E-state index contributed by atoms with van der Waals surface area (Å²) in [7, 11) is 0. The Hall–Kier alpha value is -2.90. The molecule has 1 aliphatic heterocycles. The van der Waals surface area contributed by atoms with Gasteiger partial charge in [-0.3, -0.25) is 4.79 Å². The fourth-order valence-electron chi connectivity index (χ4n) is 2.77. The number of hydrogen-bond acceptors (Lipinski definition) is 6. The molecule has 0 aliphatic carbocycles. The molecule has 1 aliphatic rings. The standard InChI is InChI=1S/C20H17ClN4O2S/c21-18-9-8-17(28-18)20(26)23-12-15-11-16(25-27-15)13-4-6-14(7-5-13)24-19-3-1-2-10-22-19/h1-10,15H,11-12H2,(H,22,24)(H,23,26). The number of carbonyl (C=O) groups is 1. The van der Waals surface area contributed by atoms with Crippen LogP contribution < -0.4 is 10.6 Å². The number of hydrogen-bond donors (Lipinski definition) is 2. The van der Waals surface area contributed by atoms with Gasteiger partial charge in [0.25, 0.3) is 5.91 Å². The third-order valence-corrected chi connectivity index (χ3v) is 5.41. The van der Waals surface area contributed by atoms with Crippen LogP contribution in [0, 0.1) is 0 Å². The Kier molecular flexibility index (Phi) is 5.55. The van der Waals surface area contributed by atoms with Crippen LogP contribution in [0.1, 0.15) is 21.7 Å². The van der Waals surface area contributed by atoms with Gasteiger partial charge in [0.2, 0.25) is 0 Å². The maximum atomic E-state index is 12.1. The van der Waals surface area contributed by atoms with Gasteiger partial charge in [-0.1, -0.05) is 35.0 Å². The number of anilines is 2. The molecule has 1 aromatic carbocycles. The number of pyridine rings is 1.